The van der Waals surface area contributed by atoms with Gasteiger partial charge < -0.3 is 19.3 Å². The predicted octanol–water partition coefficient (Wildman–Crippen LogP) is 1.10. The number of carbonyl (C=O) groups is 2. The van der Waals surface area contributed by atoms with E-state index in [2.05, 4.69) is 0 Å². The van der Waals surface area contributed by atoms with Gasteiger partial charge in [-0.2, -0.15) is 0 Å². The molecule has 0 radical (unpaired) electrons. The molecule has 0 N–H and O–H groups in total. The normalized spacial score (nSPS) is 20.4. The van der Waals surface area contributed by atoms with Gasteiger partial charge in [0.2, 0.25) is 5.91 Å². The molecule has 6 nitrogen and oxygen atoms in total. The fourth-order valence-corrected chi connectivity index (χ4v) is 2.71. The number of nitrogens with zero attached hydrogens (tertiary/aromatic N) is 2. The Hall–Kier alpha value is -1.30. The number of rotatable bonds is 3. The highest BCUT2D eigenvalue weighted by atomic mass is 16.6. The minimum absolute atomic E-state index is 0.111. The summed E-state index contributed by atoms with van der Waals surface area (Å²) in [6.45, 7) is 8.92. The summed E-state index contributed by atoms with van der Waals surface area (Å²) >= 11 is 0. The maximum absolute atomic E-state index is 11.8. The lowest BCUT2D eigenvalue weighted by atomic mass is 9.73. The monoisotopic (exact) mass is 284 g/mol. The SMILES string of the molecule is COCCC(=O)N1CC2(C1)CN(C(=O)OC(C)(C)C)C2. The highest BCUT2D eigenvalue weighted by molar-refractivity contribution is 5.78. The van der Waals surface area contributed by atoms with Gasteiger partial charge in [-0.1, -0.05) is 0 Å². The zero-order chi connectivity index (χ0) is 15.0. The van der Waals surface area contributed by atoms with Crippen molar-refractivity contribution in [3.63, 3.8) is 0 Å². The Labute approximate surface area is 120 Å². The summed E-state index contributed by atoms with van der Waals surface area (Å²) in [4.78, 5) is 27.1. The molecule has 0 bridgehead atoms. The van der Waals surface area contributed by atoms with Crippen LogP contribution < -0.4 is 0 Å². The van der Waals surface area contributed by atoms with E-state index in [9.17, 15) is 9.59 Å². The first-order valence-corrected chi connectivity index (χ1v) is 6.99. The Morgan fingerprint density at radius 1 is 1.10 bits per heavy atom. The van der Waals surface area contributed by atoms with Crippen molar-refractivity contribution < 1.29 is 19.1 Å². The molecule has 2 aliphatic heterocycles. The molecular weight excluding hydrogens is 260 g/mol. The summed E-state index contributed by atoms with van der Waals surface area (Å²) < 4.78 is 10.2. The number of carbonyl (C=O) groups excluding carboxylic acids is 2. The number of hydrogen-bond donors (Lipinski definition) is 0. The molecule has 114 valence electrons. The number of methoxy groups -OCH3 is 1. The van der Waals surface area contributed by atoms with Crippen LogP contribution in [0.1, 0.15) is 27.2 Å². The fraction of sp³-hybridized carbons (Fsp3) is 0.857. The van der Waals surface area contributed by atoms with Crippen LogP contribution in [0.25, 0.3) is 0 Å². The van der Waals surface area contributed by atoms with Crippen molar-refractivity contribution in [1.82, 2.24) is 9.80 Å². The first kappa shape index (κ1) is 15.1. The Bertz CT molecular complexity index is 388. The first-order chi connectivity index (χ1) is 9.25. The van der Waals surface area contributed by atoms with Crippen LogP contribution in [-0.2, 0) is 14.3 Å². The first-order valence-electron chi connectivity index (χ1n) is 6.99. The molecule has 2 saturated heterocycles. The molecule has 0 atom stereocenters. The average Bonchev–Trinajstić information content (AvgIpc) is 2.19. The van der Waals surface area contributed by atoms with E-state index in [0.29, 0.717) is 26.1 Å². The van der Waals surface area contributed by atoms with Crippen molar-refractivity contribution in [2.75, 3.05) is 39.9 Å². The van der Waals surface area contributed by atoms with E-state index < -0.39 is 5.60 Å². The van der Waals surface area contributed by atoms with Crippen LogP contribution in [-0.4, -0.2) is 67.3 Å². The van der Waals surface area contributed by atoms with E-state index in [4.69, 9.17) is 9.47 Å². The number of ether oxygens (including phenoxy) is 2. The van der Waals surface area contributed by atoms with Crippen molar-refractivity contribution in [1.29, 1.82) is 0 Å². The Morgan fingerprint density at radius 2 is 1.65 bits per heavy atom. The van der Waals surface area contributed by atoms with E-state index in [1.54, 1.807) is 12.0 Å². The van der Waals surface area contributed by atoms with Gasteiger partial charge in [-0.05, 0) is 20.8 Å². The molecule has 2 heterocycles. The van der Waals surface area contributed by atoms with Gasteiger partial charge in [0.25, 0.3) is 0 Å². The summed E-state index contributed by atoms with van der Waals surface area (Å²) in [5.74, 6) is 0.133. The van der Waals surface area contributed by atoms with Crippen molar-refractivity contribution in [3.05, 3.63) is 0 Å². The number of amides is 2. The molecule has 6 heteroatoms. The van der Waals surface area contributed by atoms with Crippen molar-refractivity contribution in [3.8, 4) is 0 Å². The summed E-state index contributed by atoms with van der Waals surface area (Å²) in [7, 11) is 1.59. The largest absolute Gasteiger partial charge is 0.444 e. The van der Waals surface area contributed by atoms with Crippen molar-refractivity contribution in [2.24, 2.45) is 5.41 Å². The molecule has 0 aliphatic carbocycles. The van der Waals surface area contributed by atoms with Crippen LogP contribution in [0.2, 0.25) is 0 Å². The van der Waals surface area contributed by atoms with Crippen molar-refractivity contribution in [2.45, 2.75) is 32.8 Å². The third-order valence-electron chi connectivity index (χ3n) is 3.63. The molecule has 2 rings (SSSR count). The molecule has 0 aromatic rings. The molecular formula is C14H24N2O4. The second-order valence-electron chi connectivity index (χ2n) is 6.83. The third-order valence-corrected chi connectivity index (χ3v) is 3.63. The van der Waals surface area contributed by atoms with Gasteiger partial charge in [0.1, 0.15) is 5.60 Å². The van der Waals surface area contributed by atoms with E-state index in [-0.39, 0.29) is 17.4 Å². The number of hydrogen-bond acceptors (Lipinski definition) is 4. The Kier molecular flexibility index (Phi) is 3.95. The number of likely N-dealkylation sites (tertiary alicyclic amines) is 2. The van der Waals surface area contributed by atoms with Gasteiger partial charge in [0, 0.05) is 38.7 Å². The predicted molar refractivity (Wildman–Crippen MR) is 73.3 cm³/mol. The van der Waals surface area contributed by atoms with Crippen LogP contribution in [0.5, 0.6) is 0 Å². The summed E-state index contributed by atoms with van der Waals surface area (Å²) in [6.07, 6.45) is 0.176. The van der Waals surface area contributed by atoms with Crippen LogP contribution in [0.4, 0.5) is 4.79 Å². The molecule has 0 saturated carbocycles. The van der Waals surface area contributed by atoms with E-state index in [1.165, 1.54) is 0 Å². The van der Waals surface area contributed by atoms with Crippen molar-refractivity contribution >= 4 is 12.0 Å². The van der Waals surface area contributed by atoms with Crippen LogP contribution in [0, 0.1) is 5.41 Å². The van der Waals surface area contributed by atoms with E-state index in [0.717, 1.165) is 13.1 Å². The summed E-state index contributed by atoms with van der Waals surface area (Å²) in [5, 5.41) is 0. The van der Waals surface area contributed by atoms with Gasteiger partial charge in [0.05, 0.1) is 13.0 Å². The zero-order valence-corrected chi connectivity index (χ0v) is 12.8. The second kappa shape index (κ2) is 5.24. The summed E-state index contributed by atoms with van der Waals surface area (Å²) in [6, 6.07) is 0. The van der Waals surface area contributed by atoms with Crippen LogP contribution in [0.15, 0.2) is 0 Å². The molecule has 2 fully saturated rings. The average molecular weight is 284 g/mol. The van der Waals surface area contributed by atoms with Gasteiger partial charge in [-0.15, -0.1) is 0 Å². The zero-order valence-electron chi connectivity index (χ0n) is 12.8. The second-order valence-corrected chi connectivity index (χ2v) is 6.83. The highest BCUT2D eigenvalue weighted by Crippen LogP contribution is 2.40. The smallest absolute Gasteiger partial charge is 0.410 e. The molecule has 0 aromatic heterocycles. The Balaban J connectivity index is 1.70. The van der Waals surface area contributed by atoms with Crippen LogP contribution in [0.3, 0.4) is 0 Å². The lowest BCUT2D eigenvalue weighted by Gasteiger charge is -2.59. The lowest BCUT2D eigenvalue weighted by molar-refractivity contribution is -0.157. The van der Waals surface area contributed by atoms with Gasteiger partial charge in [-0.3, -0.25) is 4.79 Å². The molecule has 2 aliphatic rings. The molecule has 0 unspecified atom stereocenters. The standard InChI is InChI=1S/C14H24N2O4/c1-13(2,3)20-12(18)16-9-14(10-16)7-15(8-14)11(17)5-6-19-4/h5-10H2,1-4H3. The Morgan fingerprint density at radius 3 is 2.15 bits per heavy atom. The molecule has 2 amide bonds. The van der Waals surface area contributed by atoms with Gasteiger partial charge in [0.15, 0.2) is 0 Å². The highest BCUT2D eigenvalue weighted by Gasteiger charge is 2.54. The topological polar surface area (TPSA) is 59.1 Å². The maximum Gasteiger partial charge on any atom is 0.410 e. The van der Waals surface area contributed by atoms with E-state index in [1.807, 2.05) is 25.7 Å². The lowest BCUT2D eigenvalue weighted by Crippen LogP contribution is -2.73. The van der Waals surface area contributed by atoms with Crippen LogP contribution >= 0.6 is 0 Å². The molecule has 20 heavy (non-hydrogen) atoms. The molecule has 0 aromatic carbocycles. The van der Waals surface area contributed by atoms with Gasteiger partial charge in [-0.25, -0.2) is 4.79 Å². The van der Waals surface area contributed by atoms with Gasteiger partial charge >= 0.3 is 6.09 Å². The van der Waals surface area contributed by atoms with E-state index >= 15 is 0 Å². The molecule has 1 spiro atoms. The quantitative estimate of drug-likeness (QED) is 0.779. The minimum atomic E-state index is -0.457. The third kappa shape index (κ3) is 3.23. The fourth-order valence-electron chi connectivity index (χ4n) is 2.71. The summed E-state index contributed by atoms with van der Waals surface area (Å²) in [5.41, 5.74) is -0.346. The minimum Gasteiger partial charge on any atom is -0.444 e. The maximum atomic E-state index is 11.8.